The Balaban J connectivity index is 2.23. The molecule has 1 aliphatic rings. The van der Waals surface area contributed by atoms with E-state index in [9.17, 15) is 14.9 Å². The summed E-state index contributed by atoms with van der Waals surface area (Å²) in [5, 5.41) is 13.9. The van der Waals surface area contributed by atoms with E-state index in [1.807, 2.05) is 4.90 Å². The molecule has 7 heteroatoms. The number of hydrogen-bond acceptors (Lipinski definition) is 6. The minimum atomic E-state index is -0.412. The van der Waals surface area contributed by atoms with Gasteiger partial charge >= 0.3 is 5.97 Å². The number of methoxy groups -OCH3 is 1. The Labute approximate surface area is 123 Å². The second-order valence-electron chi connectivity index (χ2n) is 5.00. The number of carbonyl (C=O) groups is 1. The molecule has 1 aromatic rings. The molecule has 114 valence electrons. The van der Waals surface area contributed by atoms with E-state index in [0.717, 1.165) is 30.6 Å². The molecule has 0 radical (unpaired) electrons. The van der Waals surface area contributed by atoms with Gasteiger partial charge in [-0.2, -0.15) is 0 Å². The van der Waals surface area contributed by atoms with Gasteiger partial charge < -0.3 is 10.1 Å². The number of nitro benzene ring substituents is 1. The highest BCUT2D eigenvalue weighted by Crippen LogP contribution is 2.27. The van der Waals surface area contributed by atoms with Crippen LogP contribution in [0, 0.1) is 10.1 Å². The Kier molecular flexibility index (Phi) is 4.74. The number of hydrogen-bond donors (Lipinski definition) is 1. The van der Waals surface area contributed by atoms with E-state index in [1.165, 1.54) is 13.2 Å². The second kappa shape index (κ2) is 6.53. The largest absolute Gasteiger partial charge is 0.468 e. The first-order valence-corrected chi connectivity index (χ1v) is 6.83. The molecular formula is C14H19N3O4. The molecule has 1 fully saturated rings. The number of nitro groups is 1. The van der Waals surface area contributed by atoms with Crippen LogP contribution in [-0.2, 0) is 16.1 Å². The van der Waals surface area contributed by atoms with Gasteiger partial charge in [-0.15, -0.1) is 0 Å². The summed E-state index contributed by atoms with van der Waals surface area (Å²) in [6, 6.07) is 4.45. The number of non-ortho nitro benzene ring substituents is 1. The molecule has 0 bridgehead atoms. The number of ether oxygens (including phenoxy) is 1. The van der Waals surface area contributed by atoms with Crippen LogP contribution in [-0.4, -0.2) is 42.5 Å². The van der Waals surface area contributed by atoms with Crippen LogP contribution >= 0.6 is 0 Å². The van der Waals surface area contributed by atoms with Crippen LogP contribution in [0.25, 0.3) is 0 Å². The summed E-state index contributed by atoms with van der Waals surface area (Å²) >= 11 is 0. The molecule has 0 aromatic heterocycles. The van der Waals surface area contributed by atoms with Crippen molar-refractivity contribution in [3.05, 3.63) is 33.9 Å². The molecule has 1 aliphatic heterocycles. The molecule has 0 aliphatic carbocycles. The van der Waals surface area contributed by atoms with Crippen LogP contribution in [0.3, 0.4) is 0 Å². The first-order valence-electron chi connectivity index (χ1n) is 6.83. The highest BCUT2D eigenvalue weighted by molar-refractivity contribution is 5.76. The fraction of sp³-hybridized carbons (Fsp3) is 0.500. The summed E-state index contributed by atoms with van der Waals surface area (Å²) in [6.45, 7) is 1.27. The normalized spacial score (nSPS) is 18.5. The number of nitrogens with zero attached hydrogens (tertiary/aromatic N) is 2. The fourth-order valence-electron chi connectivity index (χ4n) is 2.71. The monoisotopic (exact) mass is 293 g/mol. The zero-order chi connectivity index (χ0) is 15.4. The predicted molar refractivity (Wildman–Crippen MR) is 78.1 cm³/mol. The maximum Gasteiger partial charge on any atom is 0.323 e. The van der Waals surface area contributed by atoms with Crippen molar-refractivity contribution in [3.8, 4) is 0 Å². The summed E-state index contributed by atoms with van der Waals surface area (Å²) in [7, 11) is 3.15. The van der Waals surface area contributed by atoms with Crippen molar-refractivity contribution in [1.82, 2.24) is 4.90 Å². The first-order chi connectivity index (χ1) is 10.1. The number of benzene rings is 1. The van der Waals surface area contributed by atoms with Crippen molar-refractivity contribution in [2.24, 2.45) is 0 Å². The average Bonchev–Trinajstić information content (AvgIpc) is 2.94. The van der Waals surface area contributed by atoms with Crippen molar-refractivity contribution >= 4 is 17.3 Å². The number of esters is 1. The number of carbonyl (C=O) groups excluding carboxylic acids is 1. The molecule has 1 saturated heterocycles. The maximum atomic E-state index is 11.8. The van der Waals surface area contributed by atoms with Gasteiger partial charge in [-0.3, -0.25) is 19.8 Å². The molecule has 1 N–H and O–H groups in total. The topological polar surface area (TPSA) is 84.7 Å². The lowest BCUT2D eigenvalue weighted by Gasteiger charge is -2.23. The van der Waals surface area contributed by atoms with Crippen molar-refractivity contribution in [2.75, 3.05) is 26.0 Å². The Bertz CT molecular complexity index is 547. The molecular weight excluding hydrogens is 274 g/mol. The van der Waals surface area contributed by atoms with Gasteiger partial charge in [0.05, 0.1) is 12.0 Å². The third kappa shape index (κ3) is 3.30. The Morgan fingerprint density at radius 1 is 1.57 bits per heavy atom. The standard InChI is InChI=1S/C14H19N3O4/c1-15-12-6-5-11(17(19)20)8-10(12)9-16-7-3-4-13(16)14(18)21-2/h5-6,8,13,15H,3-4,7,9H2,1-2H3. The third-order valence-corrected chi connectivity index (χ3v) is 3.78. The molecule has 0 saturated carbocycles. The van der Waals surface area contributed by atoms with Gasteiger partial charge in [0.15, 0.2) is 0 Å². The smallest absolute Gasteiger partial charge is 0.323 e. The van der Waals surface area contributed by atoms with Crippen molar-refractivity contribution < 1.29 is 14.5 Å². The molecule has 7 nitrogen and oxygen atoms in total. The van der Waals surface area contributed by atoms with E-state index in [-0.39, 0.29) is 17.7 Å². The van der Waals surface area contributed by atoms with Crippen LogP contribution in [0.15, 0.2) is 18.2 Å². The second-order valence-corrected chi connectivity index (χ2v) is 5.00. The lowest BCUT2D eigenvalue weighted by molar-refractivity contribution is -0.384. The van der Waals surface area contributed by atoms with Crippen LogP contribution in [0.5, 0.6) is 0 Å². The Morgan fingerprint density at radius 3 is 2.95 bits per heavy atom. The SMILES string of the molecule is CNc1ccc([N+](=O)[O-])cc1CN1CCCC1C(=O)OC. The summed E-state index contributed by atoms with van der Waals surface area (Å²) < 4.78 is 4.82. The van der Waals surface area contributed by atoms with Gasteiger partial charge in [-0.25, -0.2) is 0 Å². The summed E-state index contributed by atoms with van der Waals surface area (Å²) in [5.41, 5.74) is 1.69. The fourth-order valence-corrected chi connectivity index (χ4v) is 2.71. The number of likely N-dealkylation sites (tertiary alicyclic amines) is 1. The van der Waals surface area contributed by atoms with Crippen LogP contribution < -0.4 is 5.32 Å². The van der Waals surface area contributed by atoms with E-state index in [2.05, 4.69) is 5.32 Å². The van der Waals surface area contributed by atoms with E-state index >= 15 is 0 Å². The third-order valence-electron chi connectivity index (χ3n) is 3.78. The first kappa shape index (κ1) is 15.2. The van der Waals surface area contributed by atoms with E-state index in [4.69, 9.17) is 4.74 Å². The molecule has 1 aromatic carbocycles. The summed E-state index contributed by atoms with van der Waals surface area (Å²) in [6.07, 6.45) is 1.68. The molecule has 0 spiro atoms. The van der Waals surface area contributed by atoms with Gasteiger partial charge in [0, 0.05) is 31.4 Å². The van der Waals surface area contributed by atoms with E-state index < -0.39 is 4.92 Å². The van der Waals surface area contributed by atoms with Crippen LogP contribution in [0.1, 0.15) is 18.4 Å². The molecule has 1 unspecified atom stereocenters. The molecule has 1 atom stereocenters. The van der Waals surface area contributed by atoms with Gasteiger partial charge in [-0.05, 0) is 31.0 Å². The Morgan fingerprint density at radius 2 is 2.33 bits per heavy atom. The van der Waals surface area contributed by atoms with E-state index in [0.29, 0.717) is 6.54 Å². The Hall–Kier alpha value is -2.15. The zero-order valence-electron chi connectivity index (χ0n) is 12.2. The molecule has 21 heavy (non-hydrogen) atoms. The lowest BCUT2D eigenvalue weighted by Crippen LogP contribution is -2.36. The highest BCUT2D eigenvalue weighted by Gasteiger charge is 2.31. The van der Waals surface area contributed by atoms with Crippen molar-refractivity contribution in [2.45, 2.75) is 25.4 Å². The molecule has 1 heterocycles. The number of anilines is 1. The van der Waals surface area contributed by atoms with Crippen LogP contribution in [0.4, 0.5) is 11.4 Å². The zero-order valence-corrected chi connectivity index (χ0v) is 12.2. The molecule has 0 amide bonds. The maximum absolute atomic E-state index is 11.8. The molecule has 2 rings (SSSR count). The predicted octanol–water partition coefficient (Wildman–Crippen LogP) is 1.77. The van der Waals surface area contributed by atoms with Gasteiger partial charge in [0.25, 0.3) is 5.69 Å². The van der Waals surface area contributed by atoms with Gasteiger partial charge in [0.2, 0.25) is 0 Å². The van der Waals surface area contributed by atoms with Crippen molar-refractivity contribution in [3.63, 3.8) is 0 Å². The number of nitrogens with one attached hydrogen (secondary N) is 1. The van der Waals surface area contributed by atoms with E-state index in [1.54, 1.807) is 19.2 Å². The summed E-state index contributed by atoms with van der Waals surface area (Å²) in [5.74, 6) is -0.246. The average molecular weight is 293 g/mol. The van der Waals surface area contributed by atoms with Crippen LogP contribution in [0.2, 0.25) is 0 Å². The lowest BCUT2D eigenvalue weighted by atomic mass is 10.1. The van der Waals surface area contributed by atoms with Gasteiger partial charge in [-0.1, -0.05) is 0 Å². The minimum absolute atomic E-state index is 0.0535. The number of rotatable bonds is 5. The van der Waals surface area contributed by atoms with Crippen molar-refractivity contribution in [1.29, 1.82) is 0 Å². The minimum Gasteiger partial charge on any atom is -0.468 e. The summed E-state index contributed by atoms with van der Waals surface area (Å²) in [4.78, 5) is 24.3. The highest BCUT2D eigenvalue weighted by atomic mass is 16.6. The quantitative estimate of drug-likeness (QED) is 0.506. The van der Waals surface area contributed by atoms with Gasteiger partial charge in [0.1, 0.15) is 6.04 Å².